The molecule has 14 heavy (non-hydrogen) atoms. The van der Waals surface area contributed by atoms with Crippen molar-refractivity contribution in [2.45, 2.75) is 6.42 Å². The lowest BCUT2D eigenvalue weighted by atomic mass is 10.1. The number of rotatable bonds is 1. The molecule has 1 saturated heterocycles. The molecular formula is C6H11N3O4S. The second-order valence-corrected chi connectivity index (χ2v) is 5.31. The van der Waals surface area contributed by atoms with E-state index in [4.69, 9.17) is 5.73 Å². The van der Waals surface area contributed by atoms with Crippen LogP contribution in [0.4, 0.5) is 4.79 Å². The number of carbonyl (C=O) groups is 2. The third-order valence-corrected chi connectivity index (χ3v) is 3.68. The average Bonchev–Trinajstić information content (AvgIpc) is 2.41. The zero-order valence-electron chi connectivity index (χ0n) is 7.32. The predicted molar refractivity (Wildman–Crippen MR) is 47.6 cm³/mol. The van der Waals surface area contributed by atoms with Crippen LogP contribution < -0.4 is 16.6 Å². The topological polar surface area (TPSA) is 118 Å². The van der Waals surface area contributed by atoms with Gasteiger partial charge < -0.3 is 5.73 Å². The van der Waals surface area contributed by atoms with E-state index in [0.717, 1.165) is 0 Å². The van der Waals surface area contributed by atoms with Gasteiger partial charge in [-0.15, -0.1) is 0 Å². The van der Waals surface area contributed by atoms with E-state index in [9.17, 15) is 18.0 Å². The predicted octanol–water partition coefficient (Wildman–Crippen LogP) is -1.88. The third-order valence-electron chi connectivity index (χ3n) is 1.91. The number of hydrogen-bond acceptors (Lipinski definition) is 4. The summed E-state index contributed by atoms with van der Waals surface area (Å²) in [4.78, 5) is 21.4. The van der Waals surface area contributed by atoms with Crippen molar-refractivity contribution in [1.82, 2.24) is 10.9 Å². The Morgan fingerprint density at radius 1 is 1.29 bits per heavy atom. The Balaban J connectivity index is 2.44. The minimum Gasteiger partial charge on any atom is -0.350 e. The molecule has 3 amide bonds. The second kappa shape index (κ2) is 3.82. The van der Waals surface area contributed by atoms with Gasteiger partial charge >= 0.3 is 6.03 Å². The molecule has 0 spiro atoms. The molecule has 1 atom stereocenters. The molecule has 0 aromatic heterocycles. The van der Waals surface area contributed by atoms with Crippen LogP contribution in [0.2, 0.25) is 0 Å². The van der Waals surface area contributed by atoms with Crippen molar-refractivity contribution in [1.29, 1.82) is 0 Å². The van der Waals surface area contributed by atoms with Gasteiger partial charge in [0.25, 0.3) is 0 Å². The normalized spacial score (nSPS) is 24.1. The molecule has 0 aromatic carbocycles. The second-order valence-electron chi connectivity index (χ2n) is 3.08. The highest BCUT2D eigenvalue weighted by Crippen LogP contribution is 2.17. The molecular weight excluding hydrogens is 210 g/mol. The van der Waals surface area contributed by atoms with Crippen LogP contribution in [0.1, 0.15) is 6.42 Å². The number of hydrazine groups is 1. The van der Waals surface area contributed by atoms with Gasteiger partial charge in [-0.2, -0.15) is 0 Å². The summed E-state index contributed by atoms with van der Waals surface area (Å²) in [5.74, 6) is -1.27. The Morgan fingerprint density at radius 2 is 1.93 bits per heavy atom. The van der Waals surface area contributed by atoms with Gasteiger partial charge in [0.05, 0.1) is 17.4 Å². The summed E-state index contributed by atoms with van der Waals surface area (Å²) >= 11 is 0. The third kappa shape index (κ3) is 2.87. The van der Waals surface area contributed by atoms with Crippen molar-refractivity contribution in [3.63, 3.8) is 0 Å². The summed E-state index contributed by atoms with van der Waals surface area (Å²) in [6, 6.07) is -0.890. The van der Waals surface area contributed by atoms with E-state index in [1.807, 2.05) is 10.9 Å². The summed E-state index contributed by atoms with van der Waals surface area (Å²) in [6.07, 6.45) is 0.286. The van der Waals surface area contributed by atoms with Crippen molar-refractivity contribution in [3.8, 4) is 0 Å². The number of nitrogens with one attached hydrogen (secondary N) is 2. The lowest BCUT2D eigenvalue weighted by molar-refractivity contribution is -0.124. The summed E-state index contributed by atoms with van der Waals surface area (Å²) in [6.45, 7) is 0. The van der Waals surface area contributed by atoms with Crippen LogP contribution in [0, 0.1) is 5.92 Å². The van der Waals surface area contributed by atoms with Gasteiger partial charge in [0, 0.05) is 0 Å². The van der Waals surface area contributed by atoms with Gasteiger partial charge in [-0.25, -0.2) is 18.6 Å². The SMILES string of the molecule is NC(=O)NNC(=O)C1CCS(=O)(=O)C1. The van der Waals surface area contributed by atoms with Crippen LogP contribution in [0.25, 0.3) is 0 Å². The zero-order chi connectivity index (χ0) is 10.8. The van der Waals surface area contributed by atoms with E-state index in [1.165, 1.54) is 0 Å². The number of sulfone groups is 1. The van der Waals surface area contributed by atoms with Gasteiger partial charge in [0.2, 0.25) is 5.91 Å². The van der Waals surface area contributed by atoms with Crippen molar-refractivity contribution in [2.24, 2.45) is 11.7 Å². The van der Waals surface area contributed by atoms with Crippen LogP contribution >= 0.6 is 0 Å². The maximum atomic E-state index is 11.2. The van der Waals surface area contributed by atoms with Gasteiger partial charge in [-0.3, -0.25) is 10.2 Å². The van der Waals surface area contributed by atoms with Crippen molar-refractivity contribution in [3.05, 3.63) is 0 Å². The fourth-order valence-electron chi connectivity index (χ4n) is 1.23. The van der Waals surface area contributed by atoms with E-state index in [2.05, 4.69) is 0 Å². The number of carbonyl (C=O) groups excluding carboxylic acids is 2. The fourth-order valence-corrected chi connectivity index (χ4v) is 2.97. The van der Waals surface area contributed by atoms with Crippen LogP contribution in [0.3, 0.4) is 0 Å². The Hall–Kier alpha value is -1.31. The number of amides is 3. The first-order valence-electron chi connectivity index (χ1n) is 3.96. The smallest absolute Gasteiger partial charge is 0.330 e. The molecule has 0 saturated carbocycles. The van der Waals surface area contributed by atoms with E-state index in [1.54, 1.807) is 0 Å². The number of primary amides is 1. The number of nitrogens with two attached hydrogens (primary N) is 1. The molecule has 0 aliphatic carbocycles. The summed E-state index contributed by atoms with van der Waals surface area (Å²) in [5.41, 5.74) is 8.64. The van der Waals surface area contributed by atoms with Gasteiger partial charge in [-0.1, -0.05) is 0 Å². The van der Waals surface area contributed by atoms with E-state index in [0.29, 0.717) is 0 Å². The molecule has 80 valence electrons. The van der Waals surface area contributed by atoms with Crippen LogP contribution in [-0.2, 0) is 14.6 Å². The molecule has 4 N–H and O–H groups in total. The summed E-state index contributed by atoms with van der Waals surface area (Å²) < 4.78 is 22.0. The molecule has 1 aliphatic rings. The minimum absolute atomic E-state index is 0.0155. The van der Waals surface area contributed by atoms with Gasteiger partial charge in [0.1, 0.15) is 0 Å². The minimum atomic E-state index is -3.08. The van der Waals surface area contributed by atoms with E-state index in [-0.39, 0.29) is 17.9 Å². The largest absolute Gasteiger partial charge is 0.350 e. The molecule has 1 aliphatic heterocycles. The first-order chi connectivity index (χ1) is 6.41. The van der Waals surface area contributed by atoms with Crippen molar-refractivity contribution in [2.75, 3.05) is 11.5 Å². The maximum Gasteiger partial charge on any atom is 0.330 e. The van der Waals surface area contributed by atoms with E-state index < -0.39 is 27.7 Å². The Morgan fingerprint density at radius 3 is 2.36 bits per heavy atom. The molecule has 8 heteroatoms. The summed E-state index contributed by atoms with van der Waals surface area (Å²) in [5, 5.41) is 0. The highest BCUT2D eigenvalue weighted by atomic mass is 32.2. The Kier molecular flexibility index (Phi) is 2.94. The lowest BCUT2D eigenvalue weighted by Crippen LogP contribution is -2.47. The highest BCUT2D eigenvalue weighted by Gasteiger charge is 2.32. The molecule has 0 radical (unpaired) electrons. The average molecular weight is 221 g/mol. The Labute approximate surface area is 80.9 Å². The van der Waals surface area contributed by atoms with E-state index >= 15 is 0 Å². The van der Waals surface area contributed by atoms with Crippen LogP contribution in [0.15, 0.2) is 0 Å². The molecule has 1 rings (SSSR count). The quantitative estimate of drug-likeness (QED) is 0.449. The molecule has 1 unspecified atom stereocenters. The standard InChI is InChI=1S/C6H11N3O4S/c7-6(11)9-8-5(10)4-1-2-14(12,13)3-4/h4H,1-3H2,(H,8,10)(H3,7,9,11). The first kappa shape index (κ1) is 10.8. The highest BCUT2D eigenvalue weighted by molar-refractivity contribution is 7.91. The molecule has 0 bridgehead atoms. The maximum absolute atomic E-state index is 11.2. The molecule has 7 nitrogen and oxygen atoms in total. The molecule has 0 aromatic rings. The van der Waals surface area contributed by atoms with Crippen LogP contribution in [0.5, 0.6) is 0 Å². The van der Waals surface area contributed by atoms with Crippen LogP contribution in [-0.4, -0.2) is 31.9 Å². The summed E-state index contributed by atoms with van der Waals surface area (Å²) in [7, 11) is -3.08. The van der Waals surface area contributed by atoms with Gasteiger partial charge in [0.15, 0.2) is 9.84 Å². The molecule has 1 heterocycles. The first-order valence-corrected chi connectivity index (χ1v) is 5.78. The number of urea groups is 1. The van der Waals surface area contributed by atoms with Crippen molar-refractivity contribution >= 4 is 21.8 Å². The zero-order valence-corrected chi connectivity index (χ0v) is 8.13. The Bertz CT molecular complexity index is 350. The monoisotopic (exact) mass is 221 g/mol. The molecule has 1 fully saturated rings. The lowest BCUT2D eigenvalue weighted by Gasteiger charge is -2.08. The number of hydrogen-bond donors (Lipinski definition) is 3. The van der Waals surface area contributed by atoms with Crippen molar-refractivity contribution < 1.29 is 18.0 Å². The fraction of sp³-hybridized carbons (Fsp3) is 0.667. The van der Waals surface area contributed by atoms with Gasteiger partial charge in [-0.05, 0) is 6.42 Å².